The number of aromatic nitrogens is 2. The average Bonchev–Trinajstić information content (AvgIpc) is 2.79. The molecule has 4 rings (SSSR count). The maximum absolute atomic E-state index is 13.0. The molecule has 2 aromatic carbocycles. The summed E-state index contributed by atoms with van der Waals surface area (Å²) in [6.45, 7) is 0.924. The molecule has 1 fully saturated rings. The Kier molecular flexibility index (Phi) is 5.50. The highest BCUT2D eigenvalue weighted by molar-refractivity contribution is 5.94. The van der Waals surface area contributed by atoms with Crippen molar-refractivity contribution in [2.75, 3.05) is 19.7 Å². The van der Waals surface area contributed by atoms with E-state index in [1.807, 2.05) is 30.3 Å². The van der Waals surface area contributed by atoms with Crippen LogP contribution < -0.4 is 0 Å². The minimum absolute atomic E-state index is 0.220. The fourth-order valence-electron chi connectivity index (χ4n) is 3.34. The number of amides is 1. The first kappa shape index (κ1) is 20.0. The number of carbonyl (C=O) groups is 1. The van der Waals surface area contributed by atoms with E-state index in [-0.39, 0.29) is 12.5 Å². The molecule has 0 radical (unpaired) electrons. The summed E-state index contributed by atoms with van der Waals surface area (Å²) in [6, 6.07) is 15.9. The van der Waals surface area contributed by atoms with Crippen molar-refractivity contribution in [1.82, 2.24) is 15.1 Å². The van der Waals surface area contributed by atoms with Gasteiger partial charge in [0.05, 0.1) is 36.2 Å². The Labute approximate surface area is 171 Å². The maximum Gasteiger partial charge on any atom is 0.416 e. The highest BCUT2D eigenvalue weighted by atomic mass is 19.4. The van der Waals surface area contributed by atoms with E-state index in [0.717, 1.165) is 17.7 Å². The topological polar surface area (TPSA) is 55.3 Å². The predicted molar refractivity (Wildman–Crippen MR) is 104 cm³/mol. The number of benzene rings is 2. The Morgan fingerprint density at radius 2 is 1.80 bits per heavy atom. The normalized spacial score (nSPS) is 17.0. The minimum Gasteiger partial charge on any atom is -0.370 e. The molecule has 1 aliphatic rings. The zero-order chi connectivity index (χ0) is 21.1. The summed E-state index contributed by atoms with van der Waals surface area (Å²) in [5, 5.41) is 8.04. The maximum atomic E-state index is 13.0. The minimum atomic E-state index is -4.39. The highest BCUT2D eigenvalue weighted by Crippen LogP contribution is 2.31. The molecule has 1 saturated heterocycles. The lowest BCUT2D eigenvalue weighted by Crippen LogP contribution is -2.42. The monoisotopic (exact) mass is 413 g/mol. The van der Waals surface area contributed by atoms with E-state index in [1.54, 1.807) is 11.0 Å². The number of ether oxygens (including phenoxy) is 1. The largest absolute Gasteiger partial charge is 0.416 e. The van der Waals surface area contributed by atoms with E-state index >= 15 is 0 Å². The van der Waals surface area contributed by atoms with Crippen molar-refractivity contribution in [2.45, 2.75) is 12.3 Å². The first-order valence-corrected chi connectivity index (χ1v) is 9.38. The first-order valence-electron chi connectivity index (χ1n) is 9.38. The van der Waals surface area contributed by atoms with Crippen molar-refractivity contribution in [3.8, 4) is 11.3 Å². The molecule has 1 aromatic heterocycles. The fraction of sp³-hybridized carbons (Fsp3) is 0.227. The van der Waals surface area contributed by atoms with Gasteiger partial charge in [-0.3, -0.25) is 4.79 Å². The van der Waals surface area contributed by atoms with Crippen LogP contribution in [0.4, 0.5) is 13.2 Å². The Balaban J connectivity index is 1.50. The van der Waals surface area contributed by atoms with Crippen molar-refractivity contribution in [1.29, 1.82) is 0 Å². The molecule has 154 valence electrons. The molecule has 0 aliphatic carbocycles. The second kappa shape index (κ2) is 8.23. The van der Waals surface area contributed by atoms with Crippen molar-refractivity contribution in [3.63, 3.8) is 0 Å². The van der Waals surface area contributed by atoms with Crippen molar-refractivity contribution in [2.24, 2.45) is 0 Å². The van der Waals surface area contributed by atoms with E-state index in [0.29, 0.717) is 30.0 Å². The Bertz CT molecular complexity index is 1020. The SMILES string of the molecule is O=C(c1cnnc(-c2ccccc2)c1)N1CCOC(c2ccc(C(F)(F)F)cc2)C1. The lowest BCUT2D eigenvalue weighted by molar-refractivity contribution is -0.137. The van der Waals surface area contributed by atoms with E-state index in [9.17, 15) is 18.0 Å². The van der Waals surface area contributed by atoms with Crippen molar-refractivity contribution in [3.05, 3.63) is 83.6 Å². The molecule has 0 saturated carbocycles. The van der Waals surface area contributed by atoms with Crippen LogP contribution in [0.1, 0.15) is 27.6 Å². The zero-order valence-corrected chi connectivity index (χ0v) is 15.8. The van der Waals surface area contributed by atoms with E-state index < -0.39 is 17.8 Å². The molecular weight excluding hydrogens is 395 g/mol. The average molecular weight is 413 g/mol. The van der Waals surface area contributed by atoms with Crippen LogP contribution in [0.2, 0.25) is 0 Å². The Morgan fingerprint density at radius 1 is 1.07 bits per heavy atom. The number of hydrogen-bond donors (Lipinski definition) is 0. The summed E-state index contributed by atoms with van der Waals surface area (Å²) in [6.07, 6.45) is -3.47. The molecule has 1 amide bonds. The van der Waals surface area contributed by atoms with Gasteiger partial charge in [0.2, 0.25) is 0 Å². The van der Waals surface area contributed by atoms with Crippen molar-refractivity contribution >= 4 is 5.91 Å². The summed E-state index contributed by atoms with van der Waals surface area (Å²) < 4.78 is 44.0. The van der Waals surface area contributed by atoms with Gasteiger partial charge in [0.1, 0.15) is 6.10 Å². The molecule has 1 aliphatic heterocycles. The lowest BCUT2D eigenvalue weighted by Gasteiger charge is -2.33. The van der Waals surface area contributed by atoms with Gasteiger partial charge in [0.15, 0.2) is 0 Å². The molecule has 1 atom stereocenters. The predicted octanol–water partition coefficient (Wildman–Crippen LogP) is 4.38. The van der Waals surface area contributed by atoms with Gasteiger partial charge in [-0.15, -0.1) is 0 Å². The van der Waals surface area contributed by atoms with Crippen LogP contribution in [0.15, 0.2) is 66.9 Å². The number of halogens is 3. The van der Waals surface area contributed by atoms with Gasteiger partial charge in [-0.2, -0.15) is 23.4 Å². The number of hydrogen-bond acceptors (Lipinski definition) is 4. The summed E-state index contributed by atoms with van der Waals surface area (Å²) in [7, 11) is 0. The van der Waals surface area contributed by atoms with Gasteiger partial charge in [0, 0.05) is 12.1 Å². The van der Waals surface area contributed by atoms with Gasteiger partial charge in [-0.25, -0.2) is 0 Å². The fourth-order valence-corrected chi connectivity index (χ4v) is 3.34. The smallest absolute Gasteiger partial charge is 0.370 e. The molecule has 0 bridgehead atoms. The van der Waals surface area contributed by atoms with Gasteiger partial charge in [-0.05, 0) is 23.8 Å². The number of carbonyl (C=O) groups excluding carboxylic acids is 1. The molecule has 0 N–H and O–H groups in total. The third-order valence-electron chi connectivity index (χ3n) is 4.93. The molecule has 3 aromatic rings. The summed E-state index contributed by atoms with van der Waals surface area (Å²) in [5.41, 5.74) is 1.72. The van der Waals surface area contributed by atoms with Crippen LogP contribution >= 0.6 is 0 Å². The van der Waals surface area contributed by atoms with E-state index in [2.05, 4.69) is 10.2 Å². The van der Waals surface area contributed by atoms with Crippen LogP contribution in [-0.2, 0) is 10.9 Å². The lowest BCUT2D eigenvalue weighted by atomic mass is 10.0. The van der Waals surface area contributed by atoms with Gasteiger partial charge < -0.3 is 9.64 Å². The quantitative estimate of drug-likeness (QED) is 0.640. The van der Waals surface area contributed by atoms with Gasteiger partial charge >= 0.3 is 6.18 Å². The zero-order valence-electron chi connectivity index (χ0n) is 15.8. The number of morpholine rings is 1. The van der Waals surface area contributed by atoms with Gasteiger partial charge in [0.25, 0.3) is 5.91 Å². The van der Waals surface area contributed by atoms with Crippen LogP contribution in [0.5, 0.6) is 0 Å². The van der Waals surface area contributed by atoms with Crippen LogP contribution in [0.25, 0.3) is 11.3 Å². The second-order valence-electron chi connectivity index (χ2n) is 6.93. The van der Waals surface area contributed by atoms with Crippen LogP contribution in [0.3, 0.4) is 0 Å². The number of rotatable bonds is 3. The highest BCUT2D eigenvalue weighted by Gasteiger charge is 2.31. The molecule has 8 heteroatoms. The van der Waals surface area contributed by atoms with Crippen molar-refractivity contribution < 1.29 is 22.7 Å². The molecule has 5 nitrogen and oxygen atoms in total. The summed E-state index contributed by atoms with van der Waals surface area (Å²) in [4.78, 5) is 14.6. The summed E-state index contributed by atoms with van der Waals surface area (Å²) in [5.74, 6) is -0.220. The van der Waals surface area contributed by atoms with Crippen LogP contribution in [-0.4, -0.2) is 40.7 Å². The summed E-state index contributed by atoms with van der Waals surface area (Å²) >= 11 is 0. The number of nitrogens with zero attached hydrogens (tertiary/aromatic N) is 3. The van der Waals surface area contributed by atoms with E-state index in [4.69, 9.17) is 4.74 Å². The number of alkyl halides is 3. The molecule has 2 heterocycles. The molecule has 1 unspecified atom stereocenters. The second-order valence-corrected chi connectivity index (χ2v) is 6.93. The molecule has 0 spiro atoms. The standard InChI is InChI=1S/C22H18F3N3O2/c23-22(24,25)18-8-6-16(7-9-18)20-14-28(10-11-30-20)21(29)17-12-19(27-26-13-17)15-4-2-1-3-5-15/h1-9,12-13,20H,10-11,14H2. The van der Waals surface area contributed by atoms with E-state index in [1.165, 1.54) is 18.3 Å². The Hall–Kier alpha value is -3.26. The van der Waals surface area contributed by atoms with Crippen LogP contribution in [0, 0.1) is 0 Å². The van der Waals surface area contributed by atoms with Gasteiger partial charge in [-0.1, -0.05) is 42.5 Å². The third kappa shape index (κ3) is 4.33. The third-order valence-corrected chi connectivity index (χ3v) is 4.93. The molecular formula is C22H18F3N3O2. The first-order chi connectivity index (χ1) is 14.4. The molecule has 30 heavy (non-hydrogen) atoms. The Morgan fingerprint density at radius 3 is 2.50 bits per heavy atom.